The average Bonchev–Trinajstić information content (AvgIpc) is 2.85. The lowest BCUT2D eigenvalue weighted by molar-refractivity contribution is -0.401. The molecule has 0 aliphatic carbocycles. The van der Waals surface area contributed by atoms with E-state index in [1.165, 1.54) is 22.5 Å². The smallest absolute Gasteiger partial charge is 0.209 e. The Morgan fingerprint density at radius 3 is 2.37 bits per heavy atom. The van der Waals surface area contributed by atoms with E-state index in [1.54, 1.807) is 0 Å². The zero-order valence-corrected chi connectivity index (χ0v) is 17.3. The van der Waals surface area contributed by atoms with Crippen LogP contribution in [0.3, 0.4) is 0 Å². The second kappa shape index (κ2) is 8.41. The number of nitrogens with zero attached hydrogens (tertiary/aromatic N) is 3. The van der Waals surface area contributed by atoms with Gasteiger partial charge in [-0.25, -0.2) is 0 Å². The number of benzene rings is 2. The van der Waals surface area contributed by atoms with Gasteiger partial charge in [0.25, 0.3) is 0 Å². The fourth-order valence-electron chi connectivity index (χ4n) is 3.66. The third-order valence-corrected chi connectivity index (χ3v) is 5.27. The Kier molecular flexibility index (Phi) is 6.46. The van der Waals surface area contributed by atoms with Crippen LogP contribution in [-0.2, 0) is 5.41 Å². The van der Waals surface area contributed by atoms with E-state index in [4.69, 9.17) is 5.26 Å². The molecule has 2 aromatic carbocycles. The number of halogens is 1. The molecule has 0 aromatic heterocycles. The largest absolute Gasteiger partial charge is 0.374 e. The molecule has 0 N–H and O–H groups in total. The Bertz CT molecular complexity index is 902. The quantitative estimate of drug-likeness (QED) is 0.669. The number of hydrogen-bond acceptors (Lipinski definition) is 2. The van der Waals surface area contributed by atoms with E-state index < -0.39 is 0 Å². The molecule has 0 spiro atoms. The monoisotopic (exact) mass is 380 g/mol. The van der Waals surface area contributed by atoms with Gasteiger partial charge in [0, 0.05) is 37.0 Å². The van der Waals surface area contributed by atoms with Gasteiger partial charge < -0.3 is 4.90 Å². The first kappa shape index (κ1) is 20.7. The lowest BCUT2D eigenvalue weighted by Crippen LogP contribution is -2.26. The molecule has 3 nitrogen and oxygen atoms in total. The van der Waals surface area contributed by atoms with Crippen molar-refractivity contribution >= 4 is 35.6 Å². The highest BCUT2D eigenvalue weighted by atomic mass is 35.5. The molecule has 0 radical (unpaired) electrons. The minimum atomic E-state index is -0.000698. The molecule has 0 bridgehead atoms. The van der Waals surface area contributed by atoms with Crippen LogP contribution in [0.1, 0.15) is 31.4 Å². The van der Waals surface area contributed by atoms with Crippen LogP contribution < -0.4 is 4.90 Å². The summed E-state index contributed by atoms with van der Waals surface area (Å²) in [6.45, 7) is 5.31. The molecule has 2 aromatic rings. The summed E-state index contributed by atoms with van der Waals surface area (Å²) in [5, 5.41) is 8.72. The Morgan fingerprint density at radius 2 is 1.74 bits per heavy atom. The molecule has 3 rings (SSSR count). The zero-order chi connectivity index (χ0) is 18.7. The number of anilines is 1. The van der Waals surface area contributed by atoms with Crippen molar-refractivity contribution in [2.75, 3.05) is 25.5 Å². The van der Waals surface area contributed by atoms with Gasteiger partial charge in [0.15, 0.2) is 5.71 Å². The van der Waals surface area contributed by atoms with Crippen molar-refractivity contribution in [3.05, 3.63) is 65.7 Å². The molecule has 1 heterocycles. The summed E-state index contributed by atoms with van der Waals surface area (Å²) in [5.41, 5.74) is 6.27. The minimum Gasteiger partial charge on any atom is -0.374 e. The third-order valence-electron chi connectivity index (χ3n) is 5.27. The highest BCUT2D eigenvalue weighted by Crippen LogP contribution is 2.39. The molecule has 0 amide bonds. The van der Waals surface area contributed by atoms with Crippen LogP contribution in [-0.4, -0.2) is 30.9 Å². The molecule has 140 valence electrons. The molecule has 0 saturated carbocycles. The fourth-order valence-corrected chi connectivity index (χ4v) is 3.66. The maximum Gasteiger partial charge on any atom is 0.209 e. The Hall–Kier alpha value is -2.57. The SMILES string of the molecule is CN(CCC#N)c1ccc(/C=C/C2=[N+](C)c3ccccc3C2(C)C)cc1.Cl. The van der Waals surface area contributed by atoms with E-state index in [-0.39, 0.29) is 17.8 Å². The summed E-state index contributed by atoms with van der Waals surface area (Å²) >= 11 is 0. The molecule has 27 heavy (non-hydrogen) atoms. The molecule has 1 aliphatic heterocycles. The maximum absolute atomic E-state index is 8.72. The van der Waals surface area contributed by atoms with Crippen LogP contribution in [0.25, 0.3) is 6.08 Å². The normalized spacial score (nSPS) is 14.6. The lowest BCUT2D eigenvalue weighted by Gasteiger charge is -2.17. The average molecular weight is 381 g/mol. The van der Waals surface area contributed by atoms with Crippen LogP contribution in [0.4, 0.5) is 11.4 Å². The summed E-state index contributed by atoms with van der Waals surface area (Å²) in [6, 6.07) is 19.3. The summed E-state index contributed by atoms with van der Waals surface area (Å²) in [7, 11) is 4.16. The summed E-state index contributed by atoms with van der Waals surface area (Å²) < 4.78 is 2.29. The van der Waals surface area contributed by atoms with Gasteiger partial charge in [0.1, 0.15) is 7.05 Å². The van der Waals surface area contributed by atoms with E-state index in [9.17, 15) is 0 Å². The molecule has 4 heteroatoms. The first-order chi connectivity index (χ1) is 12.4. The fraction of sp³-hybridized carbons (Fsp3) is 0.304. The molecular formula is C23H27ClN3+. The highest BCUT2D eigenvalue weighted by molar-refractivity contribution is 6.05. The number of rotatable bonds is 5. The third kappa shape index (κ3) is 4.07. The van der Waals surface area contributed by atoms with Crippen molar-refractivity contribution in [2.24, 2.45) is 0 Å². The topological polar surface area (TPSA) is 30.0 Å². The number of hydrogen-bond donors (Lipinski definition) is 0. The van der Waals surface area contributed by atoms with Crippen LogP contribution in [0, 0.1) is 11.3 Å². The van der Waals surface area contributed by atoms with E-state index in [0.29, 0.717) is 6.42 Å². The Labute approximate surface area is 168 Å². The number of para-hydroxylation sites is 1. The molecule has 1 aliphatic rings. The van der Waals surface area contributed by atoms with Gasteiger partial charge in [-0.2, -0.15) is 9.84 Å². The summed E-state index contributed by atoms with van der Waals surface area (Å²) in [6.07, 6.45) is 4.95. The molecule has 0 fully saturated rings. The van der Waals surface area contributed by atoms with E-state index >= 15 is 0 Å². The van der Waals surface area contributed by atoms with Gasteiger partial charge in [-0.3, -0.25) is 0 Å². The molecule has 0 saturated heterocycles. The number of fused-ring (bicyclic) bond motifs is 1. The van der Waals surface area contributed by atoms with Crippen molar-refractivity contribution in [3.8, 4) is 6.07 Å². The molecular weight excluding hydrogens is 354 g/mol. The van der Waals surface area contributed by atoms with Gasteiger partial charge in [0.2, 0.25) is 5.69 Å². The Balaban J connectivity index is 0.00000261. The van der Waals surface area contributed by atoms with E-state index in [0.717, 1.165) is 12.2 Å². The van der Waals surface area contributed by atoms with Crippen LogP contribution in [0.2, 0.25) is 0 Å². The van der Waals surface area contributed by atoms with Crippen molar-refractivity contribution in [1.82, 2.24) is 0 Å². The van der Waals surface area contributed by atoms with Gasteiger partial charge in [-0.05, 0) is 37.6 Å². The van der Waals surface area contributed by atoms with Crippen LogP contribution in [0.15, 0.2) is 54.6 Å². The minimum absolute atomic E-state index is 0. The van der Waals surface area contributed by atoms with E-state index in [2.05, 4.69) is 97.1 Å². The number of nitriles is 1. The Morgan fingerprint density at radius 1 is 1.07 bits per heavy atom. The van der Waals surface area contributed by atoms with Gasteiger partial charge >= 0.3 is 0 Å². The first-order valence-corrected chi connectivity index (χ1v) is 9.02. The summed E-state index contributed by atoms with van der Waals surface area (Å²) in [4.78, 5) is 2.11. The van der Waals surface area contributed by atoms with Crippen molar-refractivity contribution < 1.29 is 4.58 Å². The second-order valence-electron chi connectivity index (χ2n) is 7.34. The maximum atomic E-state index is 8.72. The summed E-state index contributed by atoms with van der Waals surface area (Å²) in [5.74, 6) is 0. The molecule has 0 atom stereocenters. The highest BCUT2D eigenvalue weighted by Gasteiger charge is 2.42. The van der Waals surface area contributed by atoms with Gasteiger partial charge in [-0.15, -0.1) is 12.4 Å². The van der Waals surface area contributed by atoms with Crippen molar-refractivity contribution in [1.29, 1.82) is 5.26 Å². The van der Waals surface area contributed by atoms with Crippen molar-refractivity contribution in [2.45, 2.75) is 25.7 Å². The second-order valence-corrected chi connectivity index (χ2v) is 7.34. The van der Waals surface area contributed by atoms with Crippen molar-refractivity contribution in [3.63, 3.8) is 0 Å². The predicted octanol–water partition coefficient (Wildman–Crippen LogP) is 5.18. The zero-order valence-electron chi connectivity index (χ0n) is 16.4. The van der Waals surface area contributed by atoms with E-state index in [1.807, 2.05) is 7.05 Å². The standard InChI is InChI=1S/C23H26N3.ClH/c1-23(2)20-8-5-6-9-21(20)26(4)22(23)15-12-18-10-13-19(14-11-18)25(3)17-7-16-24;/h5-6,8-15H,7,17H2,1-4H3;1H/q+1;. The van der Waals surface area contributed by atoms with Gasteiger partial charge in [0.05, 0.1) is 17.9 Å². The molecule has 0 unspecified atom stereocenters. The predicted molar refractivity (Wildman–Crippen MR) is 117 cm³/mol. The number of allylic oxidation sites excluding steroid dienone is 1. The van der Waals surface area contributed by atoms with Crippen LogP contribution in [0.5, 0.6) is 0 Å². The lowest BCUT2D eigenvalue weighted by atomic mass is 9.81. The first-order valence-electron chi connectivity index (χ1n) is 9.02. The van der Waals surface area contributed by atoms with Crippen LogP contribution >= 0.6 is 12.4 Å². The van der Waals surface area contributed by atoms with Gasteiger partial charge in [-0.1, -0.05) is 30.3 Å².